The van der Waals surface area contributed by atoms with Crippen LogP contribution in [0.3, 0.4) is 0 Å². The van der Waals surface area contributed by atoms with Crippen molar-refractivity contribution in [2.45, 2.75) is 25.7 Å². The molecule has 14 heteroatoms. The molecule has 0 saturated heterocycles. The maximum atomic E-state index is 13.7. The molecule has 0 unspecified atom stereocenters. The first-order valence-electron chi connectivity index (χ1n) is 14.1. The number of para-hydroxylation sites is 2. The standard InChI is InChI=1S/C33H29N7O6S/c1-20-17-27(21(2)39(20)30-22(3)38(4)40(32(30)42)24-12-6-5-7-13-24)31(41)29(19-34)36-35-23-11-10-14-25(18-23)47(45,46)37-28-16-9-8-15-26(28)33(43)44/h5-18,35,37H,1-4H3,(H,43,44). The summed E-state index contributed by atoms with van der Waals surface area (Å²) in [7, 11) is -2.45. The number of nitrogens with zero attached hydrogens (tertiary/aromatic N) is 5. The predicted octanol–water partition coefficient (Wildman–Crippen LogP) is 4.57. The van der Waals surface area contributed by atoms with E-state index in [0.29, 0.717) is 28.5 Å². The molecule has 0 aliphatic carbocycles. The van der Waals surface area contributed by atoms with Crippen LogP contribution in [0, 0.1) is 32.1 Å². The van der Waals surface area contributed by atoms with Crippen molar-refractivity contribution in [3.8, 4) is 17.4 Å². The summed E-state index contributed by atoms with van der Waals surface area (Å²) in [4.78, 5) is 38.5. The van der Waals surface area contributed by atoms with Crippen molar-refractivity contribution < 1.29 is 23.1 Å². The summed E-state index contributed by atoms with van der Waals surface area (Å²) in [5.41, 5.74) is 4.46. The molecule has 2 heterocycles. The number of carboxylic acids is 1. The highest BCUT2D eigenvalue weighted by molar-refractivity contribution is 7.92. The van der Waals surface area contributed by atoms with E-state index in [2.05, 4.69) is 15.2 Å². The Balaban J connectivity index is 1.43. The topological polar surface area (TPSA) is 181 Å². The van der Waals surface area contributed by atoms with E-state index in [1.54, 1.807) is 49.2 Å². The first-order chi connectivity index (χ1) is 22.4. The number of hydrazone groups is 1. The van der Waals surface area contributed by atoms with Crippen LogP contribution in [0.5, 0.6) is 0 Å². The maximum Gasteiger partial charge on any atom is 0.337 e. The molecule has 13 nitrogen and oxygen atoms in total. The van der Waals surface area contributed by atoms with Gasteiger partial charge in [0.25, 0.3) is 15.6 Å². The molecule has 2 aromatic heterocycles. The van der Waals surface area contributed by atoms with Gasteiger partial charge in [-0.25, -0.2) is 17.9 Å². The van der Waals surface area contributed by atoms with E-state index in [-0.39, 0.29) is 33.0 Å². The summed E-state index contributed by atoms with van der Waals surface area (Å²) in [5.74, 6) is -2.00. The SMILES string of the molecule is Cc1cc(C(=O)C(C#N)=NNc2cccc(S(=O)(=O)Nc3ccccc3C(=O)O)c2)c(C)n1-c1c(C)n(C)n(-c2ccccc2)c1=O. The quantitative estimate of drug-likeness (QED) is 0.112. The number of rotatable bonds is 10. The van der Waals surface area contributed by atoms with Crippen LogP contribution in [0.1, 0.15) is 37.8 Å². The molecule has 0 amide bonds. The fraction of sp³-hybridized carbons (Fsp3) is 0.121. The minimum Gasteiger partial charge on any atom is -0.478 e. The highest BCUT2D eigenvalue weighted by atomic mass is 32.2. The lowest BCUT2D eigenvalue weighted by Crippen LogP contribution is -2.22. The van der Waals surface area contributed by atoms with E-state index in [1.165, 1.54) is 53.2 Å². The average molecular weight is 652 g/mol. The summed E-state index contributed by atoms with van der Waals surface area (Å²) >= 11 is 0. The summed E-state index contributed by atoms with van der Waals surface area (Å²) in [5, 5.41) is 23.2. The van der Waals surface area contributed by atoms with Gasteiger partial charge in [0.05, 0.1) is 33.2 Å². The molecular formula is C33H29N7O6S. The zero-order valence-corrected chi connectivity index (χ0v) is 26.5. The Labute approximate surface area is 269 Å². The van der Waals surface area contributed by atoms with Crippen LogP contribution in [0.15, 0.2) is 99.7 Å². The number of anilines is 2. The lowest BCUT2D eigenvalue weighted by atomic mass is 10.1. The fourth-order valence-electron chi connectivity index (χ4n) is 5.22. The average Bonchev–Trinajstić information content (AvgIpc) is 3.46. The monoisotopic (exact) mass is 651 g/mol. The Kier molecular flexibility index (Phi) is 8.67. The minimum atomic E-state index is -4.22. The van der Waals surface area contributed by atoms with Gasteiger partial charge in [-0.1, -0.05) is 36.4 Å². The van der Waals surface area contributed by atoms with Gasteiger partial charge in [-0.2, -0.15) is 10.4 Å². The summed E-state index contributed by atoms with van der Waals surface area (Å²) in [6.07, 6.45) is 0. The van der Waals surface area contributed by atoms with Crippen molar-refractivity contribution in [1.29, 1.82) is 5.26 Å². The number of Topliss-reactive ketones (excluding diaryl/α,β-unsaturated/α-hetero) is 1. The van der Waals surface area contributed by atoms with Crippen molar-refractivity contribution >= 4 is 38.9 Å². The number of sulfonamides is 1. The van der Waals surface area contributed by atoms with E-state index in [0.717, 1.165) is 0 Å². The van der Waals surface area contributed by atoms with Crippen molar-refractivity contribution in [2.24, 2.45) is 12.1 Å². The van der Waals surface area contributed by atoms with Gasteiger partial charge in [0.15, 0.2) is 0 Å². The number of carboxylic acid groups (broad SMARTS) is 1. The normalized spacial score (nSPS) is 11.6. The van der Waals surface area contributed by atoms with Crippen LogP contribution in [0.2, 0.25) is 0 Å². The van der Waals surface area contributed by atoms with E-state index < -0.39 is 27.5 Å². The lowest BCUT2D eigenvalue weighted by molar-refractivity contribution is 0.0698. The van der Waals surface area contributed by atoms with Gasteiger partial charge in [0.2, 0.25) is 11.5 Å². The molecule has 0 radical (unpaired) electrons. The van der Waals surface area contributed by atoms with Gasteiger partial charge < -0.3 is 9.67 Å². The van der Waals surface area contributed by atoms with Crippen LogP contribution in [0.4, 0.5) is 11.4 Å². The highest BCUT2D eigenvalue weighted by Gasteiger charge is 2.26. The molecule has 0 aliphatic heterocycles. The Hall–Kier alpha value is -6.20. The Bertz CT molecular complexity index is 2290. The van der Waals surface area contributed by atoms with Gasteiger partial charge in [-0.15, -0.1) is 0 Å². The molecule has 3 aromatic carbocycles. The van der Waals surface area contributed by atoms with E-state index in [1.807, 2.05) is 30.3 Å². The lowest BCUT2D eigenvalue weighted by Gasteiger charge is -2.11. The summed E-state index contributed by atoms with van der Waals surface area (Å²) in [6, 6.07) is 23.5. The Morgan fingerprint density at radius 1 is 0.894 bits per heavy atom. The molecule has 0 saturated carbocycles. The Morgan fingerprint density at radius 3 is 2.26 bits per heavy atom. The van der Waals surface area contributed by atoms with Crippen molar-refractivity contribution in [3.63, 3.8) is 0 Å². The number of nitriles is 1. The first kappa shape index (κ1) is 32.2. The molecule has 5 aromatic rings. The van der Waals surface area contributed by atoms with Crippen LogP contribution in [0.25, 0.3) is 11.4 Å². The van der Waals surface area contributed by atoms with Crippen LogP contribution < -0.4 is 15.7 Å². The van der Waals surface area contributed by atoms with Gasteiger partial charge in [-0.05, 0) is 69.3 Å². The largest absolute Gasteiger partial charge is 0.478 e. The van der Waals surface area contributed by atoms with Gasteiger partial charge in [0.1, 0.15) is 11.8 Å². The molecule has 0 bridgehead atoms. The van der Waals surface area contributed by atoms with Crippen LogP contribution >= 0.6 is 0 Å². The van der Waals surface area contributed by atoms with Gasteiger partial charge in [-0.3, -0.25) is 24.4 Å². The zero-order valence-electron chi connectivity index (χ0n) is 25.7. The molecule has 5 rings (SSSR count). The number of nitrogens with one attached hydrogen (secondary N) is 2. The second kappa shape index (κ2) is 12.7. The fourth-order valence-corrected chi connectivity index (χ4v) is 6.34. The second-order valence-corrected chi connectivity index (χ2v) is 12.2. The van der Waals surface area contributed by atoms with Crippen LogP contribution in [-0.2, 0) is 17.1 Å². The number of carbonyl (C=O) groups excluding carboxylic acids is 1. The predicted molar refractivity (Wildman–Crippen MR) is 176 cm³/mol. The van der Waals surface area contributed by atoms with Gasteiger partial charge in [0, 0.05) is 24.0 Å². The number of hydrogen-bond acceptors (Lipinski definition) is 8. The Morgan fingerprint density at radius 2 is 1.57 bits per heavy atom. The van der Waals surface area contributed by atoms with E-state index in [9.17, 15) is 33.2 Å². The molecule has 0 aliphatic rings. The van der Waals surface area contributed by atoms with Gasteiger partial charge >= 0.3 is 5.97 Å². The minimum absolute atomic E-state index is 0.115. The third-order valence-corrected chi connectivity index (χ3v) is 8.95. The molecule has 0 atom stereocenters. The molecule has 238 valence electrons. The van der Waals surface area contributed by atoms with Crippen molar-refractivity contribution in [3.05, 3.63) is 123 Å². The molecule has 0 spiro atoms. The summed E-state index contributed by atoms with van der Waals surface area (Å²) in [6.45, 7) is 5.22. The van der Waals surface area contributed by atoms with Crippen molar-refractivity contribution in [1.82, 2.24) is 13.9 Å². The van der Waals surface area contributed by atoms with E-state index in [4.69, 9.17) is 0 Å². The maximum absolute atomic E-state index is 13.7. The highest BCUT2D eigenvalue weighted by Crippen LogP contribution is 2.25. The summed E-state index contributed by atoms with van der Waals surface area (Å²) < 4.78 is 33.3. The number of aromatic nitrogens is 3. The smallest absolute Gasteiger partial charge is 0.337 e. The number of aromatic carboxylic acids is 1. The molecule has 0 fully saturated rings. The number of benzene rings is 3. The second-order valence-electron chi connectivity index (χ2n) is 10.5. The van der Waals surface area contributed by atoms with Crippen LogP contribution in [-0.4, -0.2) is 44.9 Å². The van der Waals surface area contributed by atoms with Crippen molar-refractivity contribution in [2.75, 3.05) is 10.1 Å². The number of hydrogen-bond donors (Lipinski definition) is 3. The number of carbonyl (C=O) groups is 2. The number of aryl methyl sites for hydroxylation is 1. The first-order valence-corrected chi connectivity index (χ1v) is 15.6. The zero-order chi connectivity index (χ0) is 34.0. The molecular weight excluding hydrogens is 622 g/mol. The third-order valence-electron chi connectivity index (χ3n) is 7.59. The molecule has 3 N–H and O–H groups in total. The molecule has 47 heavy (non-hydrogen) atoms. The third kappa shape index (κ3) is 6.07. The van der Waals surface area contributed by atoms with E-state index >= 15 is 0 Å². The number of ketones is 1.